The first-order chi connectivity index (χ1) is 8.54. The lowest BCUT2D eigenvalue weighted by Gasteiger charge is -2.17. The first-order valence-electron chi connectivity index (χ1n) is 6.17. The molecule has 0 radical (unpaired) electrons. The van der Waals surface area contributed by atoms with Gasteiger partial charge in [0.15, 0.2) is 0 Å². The van der Waals surface area contributed by atoms with Crippen molar-refractivity contribution in [3.63, 3.8) is 0 Å². The topological polar surface area (TPSA) is 21.3 Å². The van der Waals surface area contributed by atoms with E-state index in [1.807, 2.05) is 12.1 Å². The molecule has 4 heteroatoms. The molecule has 0 fully saturated rings. The molecule has 1 aromatic carbocycles. The standard InChI is InChI=1S/C14H21F2NO/c1-10(2)11-4-6-12(7-5-11)13(17-3)8-18-9-14(15)16/h4-7,10,13-14,17H,8-9H2,1-3H3. The van der Waals surface area contributed by atoms with E-state index in [9.17, 15) is 8.78 Å². The largest absolute Gasteiger partial charge is 0.374 e. The molecule has 1 rings (SSSR count). The predicted molar refractivity (Wildman–Crippen MR) is 69.2 cm³/mol. The molecular weight excluding hydrogens is 236 g/mol. The Kier molecular flexibility index (Phi) is 6.22. The Bertz CT molecular complexity index is 338. The molecule has 0 aliphatic rings. The molecular formula is C14H21F2NO. The second kappa shape index (κ2) is 7.44. The number of benzene rings is 1. The van der Waals surface area contributed by atoms with E-state index in [2.05, 4.69) is 31.3 Å². The Morgan fingerprint density at radius 1 is 1.06 bits per heavy atom. The Hall–Kier alpha value is -1.00. The van der Waals surface area contributed by atoms with E-state index < -0.39 is 13.0 Å². The van der Waals surface area contributed by atoms with Crippen LogP contribution in [0.2, 0.25) is 0 Å². The average molecular weight is 257 g/mol. The summed E-state index contributed by atoms with van der Waals surface area (Å²) in [6.45, 7) is 4.01. The zero-order valence-electron chi connectivity index (χ0n) is 11.1. The van der Waals surface area contributed by atoms with Gasteiger partial charge in [0.05, 0.1) is 12.6 Å². The maximum Gasteiger partial charge on any atom is 0.261 e. The number of likely N-dealkylation sites (N-methyl/N-ethyl adjacent to an activating group) is 1. The van der Waals surface area contributed by atoms with Gasteiger partial charge in [0.1, 0.15) is 6.61 Å². The quantitative estimate of drug-likeness (QED) is 0.808. The van der Waals surface area contributed by atoms with E-state index in [1.54, 1.807) is 7.05 Å². The van der Waals surface area contributed by atoms with Crippen molar-refractivity contribution in [3.05, 3.63) is 35.4 Å². The molecule has 0 saturated heterocycles. The summed E-state index contributed by atoms with van der Waals surface area (Å²) >= 11 is 0. The Morgan fingerprint density at radius 2 is 1.61 bits per heavy atom. The van der Waals surface area contributed by atoms with E-state index in [4.69, 9.17) is 4.74 Å². The fraction of sp³-hybridized carbons (Fsp3) is 0.571. The normalized spacial score (nSPS) is 13.3. The zero-order chi connectivity index (χ0) is 13.5. The van der Waals surface area contributed by atoms with Crippen LogP contribution in [-0.4, -0.2) is 26.7 Å². The van der Waals surface area contributed by atoms with Crippen molar-refractivity contribution in [1.82, 2.24) is 5.32 Å². The summed E-state index contributed by atoms with van der Waals surface area (Å²) in [5, 5.41) is 3.07. The van der Waals surface area contributed by atoms with Crippen molar-refractivity contribution >= 4 is 0 Å². The second-order valence-corrected chi connectivity index (χ2v) is 4.59. The third-order valence-corrected chi connectivity index (χ3v) is 2.88. The van der Waals surface area contributed by atoms with Crippen LogP contribution in [0.4, 0.5) is 8.78 Å². The van der Waals surface area contributed by atoms with Crippen molar-refractivity contribution in [2.45, 2.75) is 32.2 Å². The molecule has 0 aromatic heterocycles. The van der Waals surface area contributed by atoms with Crippen LogP contribution < -0.4 is 5.32 Å². The highest BCUT2D eigenvalue weighted by molar-refractivity contribution is 5.26. The molecule has 2 nitrogen and oxygen atoms in total. The number of hydrogen-bond acceptors (Lipinski definition) is 2. The highest BCUT2D eigenvalue weighted by Gasteiger charge is 2.11. The molecule has 1 aromatic rings. The number of hydrogen-bond donors (Lipinski definition) is 1. The molecule has 0 aliphatic heterocycles. The lowest BCUT2D eigenvalue weighted by atomic mass is 9.99. The highest BCUT2D eigenvalue weighted by Crippen LogP contribution is 2.19. The zero-order valence-corrected chi connectivity index (χ0v) is 11.1. The van der Waals surface area contributed by atoms with Crippen molar-refractivity contribution in [2.75, 3.05) is 20.3 Å². The number of alkyl halides is 2. The van der Waals surface area contributed by atoms with Crippen molar-refractivity contribution in [2.24, 2.45) is 0 Å². The number of nitrogens with one attached hydrogen (secondary N) is 1. The first-order valence-corrected chi connectivity index (χ1v) is 6.17. The van der Waals surface area contributed by atoms with Gasteiger partial charge in [0.25, 0.3) is 6.43 Å². The predicted octanol–water partition coefficient (Wildman–Crippen LogP) is 3.35. The van der Waals surface area contributed by atoms with E-state index in [0.717, 1.165) is 5.56 Å². The molecule has 102 valence electrons. The summed E-state index contributed by atoms with van der Waals surface area (Å²) in [5.41, 5.74) is 2.32. The van der Waals surface area contributed by atoms with Gasteiger partial charge in [-0.15, -0.1) is 0 Å². The van der Waals surface area contributed by atoms with Crippen LogP contribution in [0, 0.1) is 0 Å². The van der Waals surface area contributed by atoms with Gasteiger partial charge in [-0.1, -0.05) is 38.1 Å². The Morgan fingerprint density at radius 3 is 2.06 bits per heavy atom. The summed E-state index contributed by atoms with van der Waals surface area (Å²) in [6, 6.07) is 8.12. The van der Waals surface area contributed by atoms with E-state index in [-0.39, 0.29) is 12.6 Å². The first kappa shape index (κ1) is 15.1. The molecule has 1 atom stereocenters. The molecule has 0 bridgehead atoms. The van der Waals surface area contributed by atoms with Crippen LogP contribution >= 0.6 is 0 Å². The fourth-order valence-electron chi connectivity index (χ4n) is 1.73. The van der Waals surface area contributed by atoms with Gasteiger partial charge in [-0.25, -0.2) is 8.78 Å². The van der Waals surface area contributed by atoms with Gasteiger partial charge in [0, 0.05) is 0 Å². The number of halogens is 2. The van der Waals surface area contributed by atoms with Crippen LogP contribution in [0.5, 0.6) is 0 Å². The average Bonchev–Trinajstić information content (AvgIpc) is 2.34. The lowest BCUT2D eigenvalue weighted by Crippen LogP contribution is -2.23. The summed E-state index contributed by atoms with van der Waals surface area (Å²) in [6.07, 6.45) is -2.41. The molecule has 0 heterocycles. The van der Waals surface area contributed by atoms with Crippen LogP contribution in [0.1, 0.15) is 36.9 Å². The second-order valence-electron chi connectivity index (χ2n) is 4.59. The van der Waals surface area contributed by atoms with Gasteiger partial charge in [-0.2, -0.15) is 0 Å². The van der Waals surface area contributed by atoms with Crippen molar-refractivity contribution < 1.29 is 13.5 Å². The monoisotopic (exact) mass is 257 g/mol. The van der Waals surface area contributed by atoms with Crippen LogP contribution in [0.25, 0.3) is 0 Å². The van der Waals surface area contributed by atoms with Crippen molar-refractivity contribution in [3.8, 4) is 0 Å². The lowest BCUT2D eigenvalue weighted by molar-refractivity contribution is 0.00985. The van der Waals surface area contributed by atoms with Gasteiger partial charge >= 0.3 is 0 Å². The Labute approximate surface area is 107 Å². The van der Waals surface area contributed by atoms with E-state index >= 15 is 0 Å². The minimum Gasteiger partial charge on any atom is -0.374 e. The van der Waals surface area contributed by atoms with Gasteiger partial charge in [0.2, 0.25) is 0 Å². The minimum absolute atomic E-state index is 0.0510. The molecule has 0 aliphatic carbocycles. The summed E-state index contributed by atoms with van der Waals surface area (Å²) in [5.74, 6) is 0.488. The molecule has 0 saturated carbocycles. The van der Waals surface area contributed by atoms with E-state index in [0.29, 0.717) is 5.92 Å². The number of rotatable bonds is 7. The molecule has 0 amide bonds. The van der Waals surface area contributed by atoms with E-state index in [1.165, 1.54) is 5.56 Å². The van der Waals surface area contributed by atoms with Crippen molar-refractivity contribution in [1.29, 1.82) is 0 Å². The molecule has 18 heavy (non-hydrogen) atoms. The van der Waals surface area contributed by atoms with Crippen LogP contribution in [0.3, 0.4) is 0 Å². The van der Waals surface area contributed by atoms with Gasteiger partial charge < -0.3 is 10.1 Å². The third kappa shape index (κ3) is 4.70. The third-order valence-electron chi connectivity index (χ3n) is 2.88. The maximum atomic E-state index is 12.0. The SMILES string of the molecule is CNC(COCC(F)F)c1ccc(C(C)C)cc1. The van der Waals surface area contributed by atoms with Crippen LogP contribution in [-0.2, 0) is 4.74 Å². The van der Waals surface area contributed by atoms with Gasteiger partial charge in [-0.05, 0) is 24.1 Å². The minimum atomic E-state index is -2.41. The molecule has 1 unspecified atom stereocenters. The maximum absolute atomic E-state index is 12.0. The van der Waals surface area contributed by atoms with Crippen LogP contribution in [0.15, 0.2) is 24.3 Å². The summed E-state index contributed by atoms with van der Waals surface area (Å²) in [4.78, 5) is 0. The smallest absolute Gasteiger partial charge is 0.261 e. The molecule has 1 N–H and O–H groups in total. The summed E-state index contributed by atoms with van der Waals surface area (Å²) < 4.78 is 28.9. The number of ether oxygens (including phenoxy) is 1. The highest BCUT2D eigenvalue weighted by atomic mass is 19.3. The fourth-order valence-corrected chi connectivity index (χ4v) is 1.73. The molecule has 0 spiro atoms. The Balaban J connectivity index is 2.58. The summed E-state index contributed by atoms with van der Waals surface area (Å²) in [7, 11) is 1.80. The van der Waals surface area contributed by atoms with Gasteiger partial charge in [-0.3, -0.25) is 0 Å².